The predicted molar refractivity (Wildman–Crippen MR) is 99.6 cm³/mol. The molecule has 0 atom stereocenters. The largest absolute Gasteiger partial charge is 0.326 e. The number of anilines is 2. The summed E-state index contributed by atoms with van der Waals surface area (Å²) in [4.78, 5) is 28.0. The zero-order valence-electron chi connectivity index (χ0n) is 14.2. The minimum absolute atomic E-state index is 0.133. The van der Waals surface area contributed by atoms with Gasteiger partial charge in [0.15, 0.2) is 5.13 Å². The van der Waals surface area contributed by atoms with E-state index in [-0.39, 0.29) is 11.8 Å². The molecule has 2 amide bonds. The van der Waals surface area contributed by atoms with Crippen molar-refractivity contribution in [1.82, 2.24) is 9.55 Å². The van der Waals surface area contributed by atoms with Gasteiger partial charge in [-0.25, -0.2) is 4.98 Å². The van der Waals surface area contributed by atoms with Crippen LogP contribution in [0.15, 0.2) is 41.9 Å². The maximum absolute atomic E-state index is 12.6. The molecule has 3 aromatic rings. The third-order valence-corrected chi connectivity index (χ3v) is 4.51. The molecule has 1 aromatic carbocycles. The van der Waals surface area contributed by atoms with Gasteiger partial charge < -0.3 is 10.6 Å². The standard InChI is InChI=1S/C18H18N4O2S/c1-11-10-16(12(2)22(11)18-19-8-9-25-18)17(24)21-15-6-4-14(5-7-15)20-13(3)23/h4-10H,1-3H3,(H,20,23)(H,21,24). The van der Waals surface area contributed by atoms with Crippen molar-refractivity contribution >= 4 is 34.5 Å². The zero-order valence-corrected chi connectivity index (χ0v) is 15.0. The van der Waals surface area contributed by atoms with Crippen LogP contribution in [0.4, 0.5) is 11.4 Å². The first-order valence-electron chi connectivity index (χ1n) is 7.73. The smallest absolute Gasteiger partial charge is 0.257 e. The molecule has 0 unspecified atom stereocenters. The molecule has 0 bridgehead atoms. The Kier molecular flexibility index (Phi) is 4.67. The summed E-state index contributed by atoms with van der Waals surface area (Å²) in [5.41, 5.74) is 3.77. The molecule has 0 aliphatic carbocycles. The number of rotatable bonds is 4. The molecular weight excluding hydrogens is 336 g/mol. The first-order valence-corrected chi connectivity index (χ1v) is 8.61. The fraction of sp³-hybridized carbons (Fsp3) is 0.167. The second kappa shape index (κ2) is 6.90. The maximum atomic E-state index is 12.6. The van der Waals surface area contributed by atoms with Crippen molar-refractivity contribution in [2.24, 2.45) is 0 Å². The van der Waals surface area contributed by atoms with Crippen LogP contribution in [0.2, 0.25) is 0 Å². The van der Waals surface area contributed by atoms with Crippen molar-refractivity contribution in [3.8, 4) is 5.13 Å². The Morgan fingerprint density at radius 1 is 1.08 bits per heavy atom. The van der Waals surface area contributed by atoms with Crippen molar-refractivity contribution < 1.29 is 9.59 Å². The average Bonchev–Trinajstić information content (AvgIpc) is 3.16. The van der Waals surface area contributed by atoms with Gasteiger partial charge in [-0.2, -0.15) is 0 Å². The highest BCUT2D eigenvalue weighted by Gasteiger charge is 2.17. The summed E-state index contributed by atoms with van der Waals surface area (Å²) < 4.78 is 1.97. The lowest BCUT2D eigenvalue weighted by Crippen LogP contribution is -2.13. The summed E-state index contributed by atoms with van der Waals surface area (Å²) >= 11 is 1.53. The maximum Gasteiger partial charge on any atom is 0.257 e. The van der Waals surface area contributed by atoms with Crippen LogP contribution in [0, 0.1) is 13.8 Å². The minimum atomic E-state index is -0.178. The van der Waals surface area contributed by atoms with Gasteiger partial charge in [0.1, 0.15) is 0 Å². The van der Waals surface area contributed by atoms with Gasteiger partial charge >= 0.3 is 0 Å². The van der Waals surface area contributed by atoms with Crippen molar-refractivity contribution in [2.45, 2.75) is 20.8 Å². The number of amides is 2. The Bertz CT molecular complexity index is 911. The number of carbonyl (C=O) groups excluding carboxylic acids is 2. The van der Waals surface area contributed by atoms with E-state index >= 15 is 0 Å². The van der Waals surface area contributed by atoms with Crippen LogP contribution in [0.25, 0.3) is 5.13 Å². The Morgan fingerprint density at radius 3 is 2.28 bits per heavy atom. The van der Waals surface area contributed by atoms with Crippen LogP contribution in [-0.2, 0) is 4.79 Å². The summed E-state index contributed by atoms with van der Waals surface area (Å²) in [6.07, 6.45) is 1.75. The summed E-state index contributed by atoms with van der Waals surface area (Å²) in [5.74, 6) is -0.311. The molecule has 6 nitrogen and oxygen atoms in total. The van der Waals surface area contributed by atoms with Crippen LogP contribution < -0.4 is 10.6 Å². The van der Waals surface area contributed by atoms with Gasteiger partial charge in [0.2, 0.25) is 5.91 Å². The van der Waals surface area contributed by atoms with E-state index < -0.39 is 0 Å². The van der Waals surface area contributed by atoms with Crippen LogP contribution in [0.5, 0.6) is 0 Å². The number of thiazole rings is 1. The molecule has 25 heavy (non-hydrogen) atoms. The normalized spacial score (nSPS) is 10.5. The van der Waals surface area contributed by atoms with E-state index in [0.29, 0.717) is 16.9 Å². The lowest BCUT2D eigenvalue weighted by atomic mass is 10.2. The Hall–Kier alpha value is -2.93. The monoisotopic (exact) mass is 354 g/mol. The first-order chi connectivity index (χ1) is 12.0. The molecular formula is C18H18N4O2S. The van der Waals surface area contributed by atoms with E-state index in [1.807, 2.05) is 29.9 Å². The first kappa shape index (κ1) is 16.9. The molecule has 0 radical (unpaired) electrons. The average molecular weight is 354 g/mol. The molecule has 7 heteroatoms. The molecule has 0 aliphatic heterocycles. The van der Waals surface area contributed by atoms with E-state index in [1.165, 1.54) is 18.3 Å². The van der Waals surface area contributed by atoms with E-state index in [9.17, 15) is 9.59 Å². The third kappa shape index (κ3) is 3.61. The van der Waals surface area contributed by atoms with E-state index in [0.717, 1.165) is 16.5 Å². The lowest BCUT2D eigenvalue weighted by Gasteiger charge is -2.08. The molecule has 0 aliphatic rings. The Morgan fingerprint density at radius 2 is 1.72 bits per heavy atom. The topological polar surface area (TPSA) is 76.0 Å². The highest BCUT2D eigenvalue weighted by atomic mass is 32.1. The molecule has 0 fully saturated rings. The van der Waals surface area contributed by atoms with Crippen molar-refractivity contribution in [3.63, 3.8) is 0 Å². The summed E-state index contributed by atoms with van der Waals surface area (Å²) in [7, 11) is 0. The summed E-state index contributed by atoms with van der Waals surface area (Å²) in [6, 6.07) is 8.86. The van der Waals surface area contributed by atoms with E-state index in [2.05, 4.69) is 15.6 Å². The van der Waals surface area contributed by atoms with Crippen LogP contribution in [0.3, 0.4) is 0 Å². The predicted octanol–water partition coefficient (Wildman–Crippen LogP) is 3.76. The number of nitrogens with one attached hydrogen (secondary N) is 2. The Balaban J connectivity index is 1.80. The highest BCUT2D eigenvalue weighted by molar-refractivity contribution is 7.12. The fourth-order valence-electron chi connectivity index (χ4n) is 2.65. The summed E-state index contributed by atoms with van der Waals surface area (Å²) in [5, 5.41) is 8.32. The molecule has 3 rings (SSSR count). The van der Waals surface area contributed by atoms with Gasteiger partial charge in [-0.15, -0.1) is 11.3 Å². The molecule has 0 saturated heterocycles. The van der Waals surface area contributed by atoms with E-state index in [1.54, 1.807) is 30.5 Å². The van der Waals surface area contributed by atoms with Crippen LogP contribution in [-0.4, -0.2) is 21.4 Å². The minimum Gasteiger partial charge on any atom is -0.326 e. The number of hydrogen-bond donors (Lipinski definition) is 2. The van der Waals surface area contributed by atoms with Crippen LogP contribution in [0.1, 0.15) is 28.7 Å². The van der Waals surface area contributed by atoms with Gasteiger partial charge in [0, 0.05) is 41.3 Å². The summed E-state index contributed by atoms with van der Waals surface area (Å²) in [6.45, 7) is 5.31. The quantitative estimate of drug-likeness (QED) is 0.749. The number of nitrogens with zero attached hydrogens (tertiary/aromatic N) is 2. The number of aryl methyl sites for hydroxylation is 1. The number of hydrogen-bond acceptors (Lipinski definition) is 4. The van der Waals surface area contributed by atoms with Crippen molar-refractivity contribution in [2.75, 3.05) is 10.6 Å². The van der Waals surface area contributed by atoms with Gasteiger partial charge in [-0.05, 0) is 44.2 Å². The molecule has 2 aromatic heterocycles. The zero-order chi connectivity index (χ0) is 18.0. The Labute approximate surface area is 149 Å². The van der Waals surface area contributed by atoms with Crippen molar-refractivity contribution in [3.05, 3.63) is 58.9 Å². The molecule has 128 valence electrons. The van der Waals surface area contributed by atoms with Crippen LogP contribution >= 0.6 is 11.3 Å². The SMILES string of the molecule is CC(=O)Nc1ccc(NC(=O)c2cc(C)n(-c3nccs3)c2C)cc1. The second-order valence-electron chi connectivity index (χ2n) is 5.65. The number of benzene rings is 1. The number of aromatic nitrogens is 2. The third-order valence-electron chi connectivity index (χ3n) is 3.75. The van der Waals surface area contributed by atoms with Gasteiger partial charge in [0.25, 0.3) is 5.91 Å². The molecule has 2 N–H and O–H groups in total. The number of carbonyl (C=O) groups is 2. The van der Waals surface area contributed by atoms with Crippen molar-refractivity contribution in [1.29, 1.82) is 0 Å². The fourth-order valence-corrected chi connectivity index (χ4v) is 3.40. The molecule has 0 saturated carbocycles. The second-order valence-corrected chi connectivity index (χ2v) is 6.52. The lowest BCUT2D eigenvalue weighted by molar-refractivity contribution is -0.114. The van der Waals surface area contributed by atoms with E-state index in [4.69, 9.17) is 0 Å². The van der Waals surface area contributed by atoms with Gasteiger partial charge in [-0.1, -0.05) is 0 Å². The molecule has 2 heterocycles. The van der Waals surface area contributed by atoms with Gasteiger partial charge in [0.05, 0.1) is 5.56 Å². The van der Waals surface area contributed by atoms with Gasteiger partial charge in [-0.3, -0.25) is 14.2 Å². The highest BCUT2D eigenvalue weighted by Crippen LogP contribution is 2.23. The molecule has 0 spiro atoms.